The molecule has 0 saturated carbocycles. The summed E-state index contributed by atoms with van der Waals surface area (Å²) in [5.41, 5.74) is 0.712. The fourth-order valence-electron chi connectivity index (χ4n) is 3.83. The van der Waals surface area contributed by atoms with Crippen molar-refractivity contribution in [3.8, 4) is 0 Å². The maximum atomic E-state index is 13.1. The number of likely N-dealkylation sites (tertiary alicyclic amines) is 2. The number of hydrogen-bond acceptors (Lipinski definition) is 4. The van der Waals surface area contributed by atoms with Crippen LogP contribution in [0.2, 0.25) is 0 Å². The zero-order valence-electron chi connectivity index (χ0n) is 14.2. The lowest BCUT2D eigenvalue weighted by Crippen LogP contribution is -2.50. The van der Waals surface area contributed by atoms with E-state index in [-0.39, 0.29) is 17.2 Å². The van der Waals surface area contributed by atoms with Gasteiger partial charge in [0.2, 0.25) is 11.8 Å². The fourth-order valence-corrected chi connectivity index (χ4v) is 4.21. The Morgan fingerprint density at radius 1 is 1.38 bits per heavy atom. The highest BCUT2D eigenvalue weighted by atomic mass is 32.2. The molecule has 2 aliphatic rings. The smallest absolute Gasteiger partial charge is 0.230 e. The third-order valence-electron chi connectivity index (χ3n) is 5.15. The van der Waals surface area contributed by atoms with E-state index in [1.54, 1.807) is 18.0 Å². The van der Waals surface area contributed by atoms with E-state index in [9.17, 15) is 9.59 Å². The van der Waals surface area contributed by atoms with Gasteiger partial charge in [0.15, 0.2) is 0 Å². The zero-order valence-corrected chi connectivity index (χ0v) is 15.1. The van der Waals surface area contributed by atoms with Gasteiger partial charge in [0.05, 0.1) is 5.41 Å². The fraction of sp³-hybridized carbons (Fsp3) is 0.611. The highest BCUT2D eigenvalue weighted by Gasteiger charge is 2.49. The van der Waals surface area contributed by atoms with Gasteiger partial charge in [-0.25, -0.2) is 0 Å². The van der Waals surface area contributed by atoms with Crippen molar-refractivity contribution in [1.29, 1.82) is 0 Å². The number of pyridine rings is 1. The summed E-state index contributed by atoms with van der Waals surface area (Å²) in [5.74, 6) is 1.26. The van der Waals surface area contributed by atoms with Gasteiger partial charge in [0.1, 0.15) is 0 Å². The molecule has 0 bridgehead atoms. The molecule has 0 N–H and O–H groups in total. The van der Waals surface area contributed by atoms with Crippen LogP contribution in [0.25, 0.3) is 0 Å². The van der Waals surface area contributed by atoms with Crippen LogP contribution in [0.4, 0.5) is 0 Å². The number of carbonyl (C=O) groups excluding carboxylic acids is 2. The normalized spacial score (nSPS) is 24.0. The molecule has 2 aliphatic heterocycles. The van der Waals surface area contributed by atoms with Crippen LogP contribution in [0.3, 0.4) is 0 Å². The highest BCUT2D eigenvalue weighted by Crippen LogP contribution is 2.40. The van der Waals surface area contributed by atoms with E-state index < -0.39 is 0 Å². The second-order valence-corrected chi connectivity index (χ2v) is 7.77. The molecule has 5 nitrogen and oxygen atoms in total. The van der Waals surface area contributed by atoms with Gasteiger partial charge in [-0.2, -0.15) is 11.8 Å². The molecule has 1 aromatic heterocycles. The van der Waals surface area contributed by atoms with Crippen LogP contribution in [-0.4, -0.2) is 58.2 Å². The molecule has 3 rings (SSSR count). The second-order valence-electron chi connectivity index (χ2n) is 6.78. The Bertz CT molecular complexity index is 595. The minimum Gasteiger partial charge on any atom is -0.342 e. The number of rotatable bonds is 5. The summed E-state index contributed by atoms with van der Waals surface area (Å²) in [6.07, 6.45) is 8.88. The maximum Gasteiger partial charge on any atom is 0.230 e. The lowest BCUT2D eigenvalue weighted by atomic mass is 9.78. The lowest BCUT2D eigenvalue weighted by Gasteiger charge is -2.39. The van der Waals surface area contributed by atoms with Crippen LogP contribution in [-0.2, 0) is 16.1 Å². The maximum absolute atomic E-state index is 13.1. The summed E-state index contributed by atoms with van der Waals surface area (Å²) >= 11 is 1.69. The molecule has 24 heavy (non-hydrogen) atoms. The van der Waals surface area contributed by atoms with Crippen molar-refractivity contribution in [2.75, 3.05) is 31.6 Å². The highest BCUT2D eigenvalue weighted by molar-refractivity contribution is 7.98. The SMILES string of the molecule is CSCCC(=O)N1CC[C@]2(CCCN(Cc3cccnc3)C2=O)C1. The molecule has 6 heteroatoms. The third-order valence-corrected chi connectivity index (χ3v) is 5.76. The molecule has 1 spiro atoms. The first-order valence-corrected chi connectivity index (χ1v) is 9.99. The Balaban J connectivity index is 1.65. The Hall–Kier alpha value is -1.56. The van der Waals surface area contributed by atoms with E-state index in [0.29, 0.717) is 19.5 Å². The van der Waals surface area contributed by atoms with Crippen LogP contribution in [0, 0.1) is 5.41 Å². The van der Waals surface area contributed by atoms with Crippen LogP contribution >= 0.6 is 11.8 Å². The number of aromatic nitrogens is 1. The van der Waals surface area contributed by atoms with Gasteiger partial charge in [-0.05, 0) is 37.1 Å². The number of carbonyl (C=O) groups is 2. The Labute approximate surface area is 147 Å². The topological polar surface area (TPSA) is 53.5 Å². The van der Waals surface area contributed by atoms with E-state index in [0.717, 1.165) is 43.7 Å². The minimum absolute atomic E-state index is 0.193. The summed E-state index contributed by atoms with van der Waals surface area (Å²) in [7, 11) is 0. The minimum atomic E-state index is -0.352. The van der Waals surface area contributed by atoms with Crippen molar-refractivity contribution in [3.63, 3.8) is 0 Å². The van der Waals surface area contributed by atoms with Crippen LogP contribution < -0.4 is 0 Å². The molecule has 2 amide bonds. The molecule has 2 saturated heterocycles. The van der Waals surface area contributed by atoms with Crippen molar-refractivity contribution < 1.29 is 9.59 Å². The molecule has 0 aliphatic carbocycles. The van der Waals surface area contributed by atoms with Gasteiger partial charge in [0, 0.05) is 50.7 Å². The van der Waals surface area contributed by atoms with E-state index >= 15 is 0 Å². The quantitative estimate of drug-likeness (QED) is 0.819. The first kappa shape index (κ1) is 17.3. The number of amides is 2. The van der Waals surface area contributed by atoms with Gasteiger partial charge in [0.25, 0.3) is 0 Å². The van der Waals surface area contributed by atoms with Gasteiger partial charge in [-0.3, -0.25) is 14.6 Å². The third kappa shape index (κ3) is 3.58. The summed E-state index contributed by atoms with van der Waals surface area (Å²) < 4.78 is 0. The van der Waals surface area contributed by atoms with E-state index in [1.165, 1.54) is 0 Å². The predicted molar refractivity (Wildman–Crippen MR) is 95.5 cm³/mol. The predicted octanol–water partition coefficient (Wildman–Crippen LogP) is 2.18. The van der Waals surface area contributed by atoms with E-state index in [1.807, 2.05) is 34.4 Å². The van der Waals surface area contributed by atoms with Crippen molar-refractivity contribution in [2.45, 2.75) is 32.2 Å². The number of piperidine rings is 1. The molecular formula is C18H25N3O2S. The molecule has 0 unspecified atom stereocenters. The van der Waals surface area contributed by atoms with Crippen LogP contribution in [0.5, 0.6) is 0 Å². The molecule has 3 heterocycles. The number of hydrogen-bond donors (Lipinski definition) is 0. The molecule has 2 fully saturated rings. The Morgan fingerprint density at radius 3 is 3.00 bits per heavy atom. The second kappa shape index (κ2) is 7.55. The monoisotopic (exact) mass is 347 g/mol. The van der Waals surface area contributed by atoms with E-state index in [2.05, 4.69) is 4.98 Å². The first-order valence-electron chi connectivity index (χ1n) is 8.60. The number of nitrogens with zero attached hydrogens (tertiary/aromatic N) is 3. The Kier molecular flexibility index (Phi) is 5.43. The van der Waals surface area contributed by atoms with Crippen molar-refractivity contribution in [2.24, 2.45) is 5.41 Å². The number of thioether (sulfide) groups is 1. The average Bonchev–Trinajstić information content (AvgIpc) is 3.03. The molecule has 0 aromatic carbocycles. The Morgan fingerprint density at radius 2 is 2.25 bits per heavy atom. The van der Waals surface area contributed by atoms with Gasteiger partial charge in [-0.15, -0.1) is 0 Å². The lowest BCUT2D eigenvalue weighted by molar-refractivity contribution is -0.146. The van der Waals surface area contributed by atoms with Crippen LogP contribution in [0.15, 0.2) is 24.5 Å². The summed E-state index contributed by atoms with van der Waals surface area (Å²) in [5, 5.41) is 0. The van der Waals surface area contributed by atoms with Gasteiger partial charge in [-0.1, -0.05) is 6.07 Å². The molecule has 130 valence electrons. The molecule has 1 aromatic rings. The van der Waals surface area contributed by atoms with Crippen molar-refractivity contribution in [1.82, 2.24) is 14.8 Å². The van der Waals surface area contributed by atoms with Crippen molar-refractivity contribution >= 4 is 23.6 Å². The summed E-state index contributed by atoms with van der Waals surface area (Å²) in [4.78, 5) is 33.4. The van der Waals surface area contributed by atoms with Crippen molar-refractivity contribution in [3.05, 3.63) is 30.1 Å². The molecule has 1 atom stereocenters. The van der Waals surface area contributed by atoms with Gasteiger partial charge < -0.3 is 9.80 Å². The van der Waals surface area contributed by atoms with Crippen LogP contribution in [0.1, 0.15) is 31.2 Å². The van der Waals surface area contributed by atoms with Gasteiger partial charge >= 0.3 is 0 Å². The molecular weight excluding hydrogens is 322 g/mol. The average molecular weight is 347 g/mol. The zero-order chi connectivity index (χ0) is 17.0. The molecule has 0 radical (unpaired) electrons. The summed E-state index contributed by atoms with van der Waals surface area (Å²) in [6.45, 7) is 2.74. The summed E-state index contributed by atoms with van der Waals surface area (Å²) in [6, 6.07) is 3.91. The largest absolute Gasteiger partial charge is 0.342 e. The standard InChI is InChI=1S/C18H25N3O2S/c1-24-11-5-16(22)21-10-7-18(14-21)6-3-9-20(17(18)23)13-15-4-2-8-19-12-15/h2,4,8,12H,3,5-7,9-11,13-14H2,1H3/t18-/m1/s1. The first-order chi connectivity index (χ1) is 11.6. The van der Waals surface area contributed by atoms with E-state index in [4.69, 9.17) is 0 Å².